The van der Waals surface area contributed by atoms with Gasteiger partial charge in [-0.25, -0.2) is 0 Å². The minimum absolute atomic E-state index is 0.114. The zero-order chi connectivity index (χ0) is 15.9. The molecule has 1 N–H and O–H groups in total. The standard InChI is InChI=1S/C18H22N2O2S/c1-13-15(2-8-22-13)17(21)20(11-14-3-9-23-12-14)16-10-18(16)4-6-19-7-5-18/h2-3,8-9,12,16,19H,4-7,10-11H2,1H3. The summed E-state index contributed by atoms with van der Waals surface area (Å²) in [6, 6.07) is 4.28. The molecule has 2 aliphatic rings. The molecule has 3 heterocycles. The van der Waals surface area contributed by atoms with Crippen LogP contribution in [0.4, 0.5) is 0 Å². The molecular formula is C18H22N2O2S. The lowest BCUT2D eigenvalue weighted by Gasteiger charge is -2.29. The van der Waals surface area contributed by atoms with Crippen LogP contribution < -0.4 is 5.32 Å². The Labute approximate surface area is 140 Å². The molecule has 4 rings (SSSR count). The van der Waals surface area contributed by atoms with Crippen molar-refractivity contribution in [2.24, 2.45) is 5.41 Å². The topological polar surface area (TPSA) is 45.5 Å². The van der Waals surface area contributed by atoms with Crippen molar-refractivity contribution in [1.29, 1.82) is 0 Å². The van der Waals surface area contributed by atoms with Crippen LogP contribution in [0.5, 0.6) is 0 Å². The van der Waals surface area contributed by atoms with Gasteiger partial charge in [-0.2, -0.15) is 11.3 Å². The lowest BCUT2D eigenvalue weighted by molar-refractivity contribution is 0.0690. The molecule has 1 saturated carbocycles. The van der Waals surface area contributed by atoms with Gasteiger partial charge < -0.3 is 14.6 Å². The number of aryl methyl sites for hydroxylation is 1. The molecule has 4 nitrogen and oxygen atoms in total. The molecule has 5 heteroatoms. The van der Waals surface area contributed by atoms with Gasteiger partial charge in [-0.15, -0.1) is 0 Å². The van der Waals surface area contributed by atoms with Gasteiger partial charge in [0, 0.05) is 12.6 Å². The Bertz CT molecular complexity index is 686. The lowest BCUT2D eigenvalue weighted by atomic mass is 9.93. The minimum atomic E-state index is 0.114. The molecule has 2 aromatic rings. The van der Waals surface area contributed by atoms with E-state index in [9.17, 15) is 4.79 Å². The number of amides is 1. The molecule has 0 bridgehead atoms. The van der Waals surface area contributed by atoms with E-state index >= 15 is 0 Å². The summed E-state index contributed by atoms with van der Waals surface area (Å²) in [5.41, 5.74) is 2.27. The number of rotatable bonds is 4. The quantitative estimate of drug-likeness (QED) is 0.934. The van der Waals surface area contributed by atoms with Gasteiger partial charge in [0.25, 0.3) is 5.91 Å². The molecule has 1 saturated heterocycles. The number of carbonyl (C=O) groups is 1. The normalized spacial score (nSPS) is 22.2. The summed E-state index contributed by atoms with van der Waals surface area (Å²) in [4.78, 5) is 15.2. The van der Waals surface area contributed by atoms with Crippen LogP contribution in [-0.4, -0.2) is 29.9 Å². The summed E-state index contributed by atoms with van der Waals surface area (Å²) in [6.07, 6.45) is 5.10. The zero-order valence-corrected chi connectivity index (χ0v) is 14.2. The van der Waals surface area contributed by atoms with Crippen LogP contribution in [0.3, 0.4) is 0 Å². The van der Waals surface area contributed by atoms with E-state index in [4.69, 9.17) is 4.42 Å². The number of nitrogens with zero attached hydrogens (tertiary/aromatic N) is 1. The summed E-state index contributed by atoms with van der Waals surface area (Å²) in [6.45, 7) is 4.71. The third-order valence-corrected chi connectivity index (χ3v) is 6.14. The van der Waals surface area contributed by atoms with Crippen molar-refractivity contribution in [3.8, 4) is 0 Å². The van der Waals surface area contributed by atoms with Crippen LogP contribution in [0.15, 0.2) is 33.6 Å². The molecular weight excluding hydrogens is 308 g/mol. The molecule has 2 aromatic heterocycles. The molecule has 0 aromatic carbocycles. The second-order valence-corrected chi connectivity index (χ2v) is 7.57. The Morgan fingerprint density at radius 2 is 2.26 bits per heavy atom. The lowest BCUT2D eigenvalue weighted by Crippen LogP contribution is -2.39. The highest BCUT2D eigenvalue weighted by Gasteiger charge is 2.57. The Morgan fingerprint density at radius 1 is 1.43 bits per heavy atom. The predicted molar refractivity (Wildman–Crippen MR) is 90.6 cm³/mol. The maximum atomic E-state index is 13.1. The SMILES string of the molecule is Cc1occc1C(=O)N(Cc1ccsc1)C1CC12CCNCC2. The number of nitrogens with one attached hydrogen (secondary N) is 1. The molecule has 122 valence electrons. The van der Waals surface area contributed by atoms with Crippen LogP contribution in [0.25, 0.3) is 0 Å². The molecule has 2 fully saturated rings. The Morgan fingerprint density at radius 3 is 2.91 bits per heavy atom. The Hall–Kier alpha value is -1.59. The van der Waals surface area contributed by atoms with E-state index in [0.29, 0.717) is 29.3 Å². The summed E-state index contributed by atoms with van der Waals surface area (Å²) in [5, 5.41) is 7.65. The van der Waals surface area contributed by atoms with E-state index < -0.39 is 0 Å². The fraction of sp³-hybridized carbons (Fsp3) is 0.500. The first-order valence-corrected chi connectivity index (χ1v) is 9.21. The number of carbonyl (C=O) groups excluding carboxylic acids is 1. The Balaban J connectivity index is 1.59. The maximum absolute atomic E-state index is 13.1. The van der Waals surface area contributed by atoms with Crippen LogP contribution in [0.2, 0.25) is 0 Å². The predicted octanol–water partition coefficient (Wildman–Crippen LogP) is 3.43. The first-order chi connectivity index (χ1) is 11.2. The fourth-order valence-corrected chi connectivity index (χ4v) is 4.55. The average Bonchev–Trinajstić information content (AvgIpc) is 2.97. The van der Waals surface area contributed by atoms with Crippen molar-refractivity contribution in [3.05, 3.63) is 46.0 Å². The third-order valence-electron chi connectivity index (χ3n) is 5.41. The molecule has 1 spiro atoms. The summed E-state index contributed by atoms with van der Waals surface area (Å²) >= 11 is 1.69. The average molecular weight is 330 g/mol. The highest BCUT2D eigenvalue weighted by molar-refractivity contribution is 7.07. The maximum Gasteiger partial charge on any atom is 0.257 e. The van der Waals surface area contributed by atoms with E-state index in [-0.39, 0.29) is 5.91 Å². The van der Waals surface area contributed by atoms with E-state index in [1.54, 1.807) is 23.7 Å². The van der Waals surface area contributed by atoms with Gasteiger partial charge in [-0.1, -0.05) is 0 Å². The van der Waals surface area contributed by atoms with Crippen molar-refractivity contribution in [1.82, 2.24) is 10.2 Å². The largest absolute Gasteiger partial charge is 0.469 e. The monoisotopic (exact) mass is 330 g/mol. The van der Waals surface area contributed by atoms with Crippen molar-refractivity contribution >= 4 is 17.2 Å². The van der Waals surface area contributed by atoms with E-state index in [0.717, 1.165) is 19.5 Å². The fourth-order valence-electron chi connectivity index (χ4n) is 3.89. The summed E-state index contributed by atoms with van der Waals surface area (Å²) in [5.74, 6) is 0.827. The van der Waals surface area contributed by atoms with Gasteiger partial charge in [0.05, 0.1) is 11.8 Å². The number of thiophene rings is 1. The summed E-state index contributed by atoms with van der Waals surface area (Å²) in [7, 11) is 0. The first kappa shape index (κ1) is 15.0. The van der Waals surface area contributed by atoms with E-state index in [1.165, 1.54) is 18.4 Å². The zero-order valence-electron chi connectivity index (χ0n) is 13.4. The molecule has 1 aliphatic heterocycles. The van der Waals surface area contributed by atoms with Gasteiger partial charge in [-0.3, -0.25) is 4.79 Å². The van der Waals surface area contributed by atoms with Crippen molar-refractivity contribution in [2.45, 2.75) is 38.8 Å². The number of piperidine rings is 1. The van der Waals surface area contributed by atoms with Gasteiger partial charge in [0.15, 0.2) is 0 Å². The molecule has 23 heavy (non-hydrogen) atoms. The summed E-state index contributed by atoms with van der Waals surface area (Å²) < 4.78 is 5.35. The van der Waals surface area contributed by atoms with Gasteiger partial charge in [0.2, 0.25) is 0 Å². The molecule has 1 aliphatic carbocycles. The highest BCUT2D eigenvalue weighted by Crippen LogP contribution is 2.56. The number of furan rings is 1. The first-order valence-electron chi connectivity index (χ1n) is 8.26. The van der Waals surface area contributed by atoms with Crippen molar-refractivity contribution in [3.63, 3.8) is 0 Å². The van der Waals surface area contributed by atoms with Crippen LogP contribution in [0.1, 0.15) is 40.9 Å². The van der Waals surface area contributed by atoms with E-state index in [2.05, 4.69) is 27.0 Å². The smallest absolute Gasteiger partial charge is 0.257 e. The molecule has 0 radical (unpaired) electrons. The van der Waals surface area contributed by atoms with Gasteiger partial charge in [-0.05, 0) is 73.1 Å². The molecule has 1 unspecified atom stereocenters. The van der Waals surface area contributed by atoms with Crippen molar-refractivity contribution < 1.29 is 9.21 Å². The Kier molecular flexibility index (Phi) is 3.77. The highest BCUT2D eigenvalue weighted by atomic mass is 32.1. The van der Waals surface area contributed by atoms with Gasteiger partial charge >= 0.3 is 0 Å². The number of hydrogen-bond donors (Lipinski definition) is 1. The van der Waals surface area contributed by atoms with Gasteiger partial charge in [0.1, 0.15) is 5.76 Å². The van der Waals surface area contributed by atoms with Crippen LogP contribution in [0, 0.1) is 12.3 Å². The van der Waals surface area contributed by atoms with Crippen LogP contribution in [-0.2, 0) is 6.54 Å². The third kappa shape index (κ3) is 2.72. The number of hydrogen-bond acceptors (Lipinski definition) is 4. The second kappa shape index (κ2) is 5.80. The molecule has 1 amide bonds. The second-order valence-electron chi connectivity index (χ2n) is 6.79. The van der Waals surface area contributed by atoms with Crippen molar-refractivity contribution in [2.75, 3.05) is 13.1 Å². The van der Waals surface area contributed by atoms with E-state index in [1.807, 2.05) is 6.92 Å². The minimum Gasteiger partial charge on any atom is -0.469 e. The van der Waals surface area contributed by atoms with Crippen LogP contribution >= 0.6 is 11.3 Å². The molecule has 1 atom stereocenters.